The van der Waals surface area contributed by atoms with Crippen molar-refractivity contribution in [3.05, 3.63) is 34.3 Å². The Labute approximate surface area is 129 Å². The molecule has 0 saturated heterocycles. The first kappa shape index (κ1) is 15.5. The van der Waals surface area contributed by atoms with Gasteiger partial charge in [-0.3, -0.25) is 4.79 Å². The summed E-state index contributed by atoms with van der Waals surface area (Å²) in [5.41, 5.74) is 6.93. The van der Waals surface area contributed by atoms with Crippen LogP contribution in [-0.2, 0) is 4.79 Å². The third-order valence-corrected chi connectivity index (χ3v) is 4.75. The normalized spacial score (nSPS) is 24.1. The van der Waals surface area contributed by atoms with Gasteiger partial charge in [0.15, 0.2) is 0 Å². The van der Waals surface area contributed by atoms with Crippen molar-refractivity contribution in [2.24, 2.45) is 17.6 Å². The molecule has 0 aromatic heterocycles. The molecule has 20 heavy (non-hydrogen) atoms. The van der Waals surface area contributed by atoms with Gasteiger partial charge in [0, 0.05) is 10.4 Å². The summed E-state index contributed by atoms with van der Waals surface area (Å²) in [5, 5.41) is 3.14. The lowest BCUT2D eigenvalue weighted by atomic mass is 9.78. The van der Waals surface area contributed by atoms with Gasteiger partial charge in [0.25, 0.3) is 0 Å². The van der Waals surface area contributed by atoms with E-state index in [-0.39, 0.29) is 17.9 Å². The molecule has 2 rings (SSSR count). The lowest BCUT2D eigenvalue weighted by Crippen LogP contribution is -2.40. The molecule has 0 radical (unpaired) electrons. The van der Waals surface area contributed by atoms with Gasteiger partial charge < -0.3 is 11.1 Å². The van der Waals surface area contributed by atoms with Crippen LogP contribution >= 0.6 is 15.9 Å². The molecule has 1 aliphatic carbocycles. The molecule has 0 spiro atoms. The van der Waals surface area contributed by atoms with Gasteiger partial charge in [0.05, 0.1) is 6.04 Å². The van der Waals surface area contributed by atoms with Gasteiger partial charge in [0.1, 0.15) is 0 Å². The molecular formula is C16H23BrN2O. The number of hydrogen-bond donors (Lipinski definition) is 2. The van der Waals surface area contributed by atoms with Gasteiger partial charge in [-0.05, 0) is 49.9 Å². The number of amides is 1. The standard InChI is InChI=1S/C16H23BrN2O/c1-11(12-6-4-7-14(17)9-12)19-16(20)15-8-3-2-5-13(15)10-18/h4,6-7,9,11,13,15H,2-3,5,8,10,18H2,1H3,(H,19,20). The molecule has 4 heteroatoms. The second-order valence-electron chi connectivity index (χ2n) is 5.67. The topological polar surface area (TPSA) is 55.1 Å². The zero-order valence-electron chi connectivity index (χ0n) is 11.9. The molecule has 1 aliphatic rings. The van der Waals surface area contributed by atoms with Crippen molar-refractivity contribution in [3.63, 3.8) is 0 Å². The Bertz CT molecular complexity index is 464. The van der Waals surface area contributed by atoms with Crippen molar-refractivity contribution >= 4 is 21.8 Å². The number of carbonyl (C=O) groups excluding carboxylic acids is 1. The summed E-state index contributed by atoms with van der Waals surface area (Å²) < 4.78 is 1.04. The summed E-state index contributed by atoms with van der Waals surface area (Å²) >= 11 is 3.46. The summed E-state index contributed by atoms with van der Waals surface area (Å²) in [6.45, 7) is 2.64. The van der Waals surface area contributed by atoms with Crippen LogP contribution in [0.3, 0.4) is 0 Å². The first-order valence-corrected chi connectivity index (χ1v) is 8.17. The van der Waals surface area contributed by atoms with Gasteiger partial charge >= 0.3 is 0 Å². The second-order valence-corrected chi connectivity index (χ2v) is 6.59. The molecule has 3 nitrogen and oxygen atoms in total. The molecule has 1 saturated carbocycles. The fourth-order valence-electron chi connectivity index (χ4n) is 3.01. The van der Waals surface area contributed by atoms with Crippen LogP contribution in [0.5, 0.6) is 0 Å². The Balaban J connectivity index is 1.99. The van der Waals surface area contributed by atoms with Crippen molar-refractivity contribution in [1.82, 2.24) is 5.32 Å². The SMILES string of the molecule is CC(NC(=O)C1CCCCC1CN)c1cccc(Br)c1. The average molecular weight is 339 g/mol. The highest BCUT2D eigenvalue weighted by Gasteiger charge is 2.30. The maximum atomic E-state index is 12.5. The van der Waals surface area contributed by atoms with Crippen molar-refractivity contribution < 1.29 is 4.79 Å². The molecule has 3 atom stereocenters. The van der Waals surface area contributed by atoms with Crippen molar-refractivity contribution in [2.45, 2.75) is 38.6 Å². The maximum absolute atomic E-state index is 12.5. The van der Waals surface area contributed by atoms with Gasteiger partial charge in [-0.2, -0.15) is 0 Å². The molecule has 0 bridgehead atoms. The Morgan fingerprint density at radius 3 is 2.90 bits per heavy atom. The summed E-state index contributed by atoms with van der Waals surface area (Å²) in [5.74, 6) is 0.592. The monoisotopic (exact) mass is 338 g/mol. The van der Waals surface area contributed by atoms with Crippen LogP contribution < -0.4 is 11.1 Å². The van der Waals surface area contributed by atoms with Crippen LogP contribution in [0.4, 0.5) is 0 Å². The van der Waals surface area contributed by atoms with E-state index in [9.17, 15) is 4.79 Å². The molecule has 3 unspecified atom stereocenters. The minimum atomic E-state index is 0.0281. The van der Waals surface area contributed by atoms with Crippen LogP contribution in [-0.4, -0.2) is 12.5 Å². The van der Waals surface area contributed by atoms with E-state index in [2.05, 4.69) is 21.2 Å². The van der Waals surface area contributed by atoms with E-state index >= 15 is 0 Å². The maximum Gasteiger partial charge on any atom is 0.223 e. The van der Waals surface area contributed by atoms with E-state index in [0.717, 1.165) is 29.3 Å². The fourth-order valence-corrected chi connectivity index (χ4v) is 3.43. The number of halogens is 1. The van der Waals surface area contributed by atoms with E-state index in [1.807, 2.05) is 31.2 Å². The Hall–Kier alpha value is -0.870. The molecule has 0 heterocycles. The zero-order valence-corrected chi connectivity index (χ0v) is 13.5. The van der Waals surface area contributed by atoms with Gasteiger partial charge in [0.2, 0.25) is 5.91 Å². The minimum absolute atomic E-state index is 0.0281. The largest absolute Gasteiger partial charge is 0.349 e. The molecule has 3 N–H and O–H groups in total. The lowest BCUT2D eigenvalue weighted by molar-refractivity contribution is -0.128. The van der Waals surface area contributed by atoms with Gasteiger partial charge in [-0.15, -0.1) is 0 Å². The van der Waals surface area contributed by atoms with Crippen molar-refractivity contribution in [3.8, 4) is 0 Å². The molecular weight excluding hydrogens is 316 g/mol. The Morgan fingerprint density at radius 2 is 2.20 bits per heavy atom. The van der Waals surface area contributed by atoms with Crippen LogP contribution in [0.2, 0.25) is 0 Å². The van der Waals surface area contributed by atoms with Crippen LogP contribution in [0.25, 0.3) is 0 Å². The van der Waals surface area contributed by atoms with Gasteiger partial charge in [-0.25, -0.2) is 0 Å². The minimum Gasteiger partial charge on any atom is -0.349 e. The van der Waals surface area contributed by atoms with E-state index in [0.29, 0.717) is 12.5 Å². The third kappa shape index (κ3) is 3.83. The summed E-state index contributed by atoms with van der Waals surface area (Å²) in [7, 11) is 0. The lowest BCUT2D eigenvalue weighted by Gasteiger charge is -2.30. The Kier molecular flexibility index (Phi) is 5.61. The quantitative estimate of drug-likeness (QED) is 0.883. The highest BCUT2D eigenvalue weighted by atomic mass is 79.9. The number of hydrogen-bond acceptors (Lipinski definition) is 2. The van der Waals surface area contributed by atoms with Crippen LogP contribution in [0.1, 0.15) is 44.2 Å². The van der Waals surface area contributed by atoms with Crippen LogP contribution in [0.15, 0.2) is 28.7 Å². The predicted molar refractivity (Wildman–Crippen MR) is 85.2 cm³/mol. The zero-order chi connectivity index (χ0) is 14.5. The Morgan fingerprint density at radius 1 is 1.45 bits per heavy atom. The molecule has 1 aromatic carbocycles. The smallest absolute Gasteiger partial charge is 0.223 e. The molecule has 1 fully saturated rings. The number of nitrogens with one attached hydrogen (secondary N) is 1. The number of nitrogens with two attached hydrogens (primary N) is 1. The highest BCUT2D eigenvalue weighted by molar-refractivity contribution is 9.10. The molecule has 1 amide bonds. The van der Waals surface area contributed by atoms with Crippen LogP contribution in [0, 0.1) is 11.8 Å². The van der Waals surface area contributed by atoms with E-state index in [1.54, 1.807) is 0 Å². The second kappa shape index (κ2) is 7.23. The van der Waals surface area contributed by atoms with E-state index in [1.165, 1.54) is 6.42 Å². The van der Waals surface area contributed by atoms with E-state index in [4.69, 9.17) is 5.73 Å². The molecule has 1 aromatic rings. The highest BCUT2D eigenvalue weighted by Crippen LogP contribution is 2.30. The molecule has 110 valence electrons. The van der Waals surface area contributed by atoms with E-state index < -0.39 is 0 Å². The van der Waals surface area contributed by atoms with Crippen molar-refractivity contribution in [2.75, 3.05) is 6.54 Å². The number of rotatable bonds is 4. The summed E-state index contributed by atoms with van der Waals surface area (Å²) in [6, 6.07) is 8.10. The third-order valence-electron chi connectivity index (χ3n) is 4.26. The predicted octanol–water partition coefficient (Wildman–Crippen LogP) is 3.39. The van der Waals surface area contributed by atoms with Gasteiger partial charge in [-0.1, -0.05) is 40.9 Å². The first-order valence-electron chi connectivity index (χ1n) is 7.37. The molecule has 0 aliphatic heterocycles. The summed E-state index contributed by atoms with van der Waals surface area (Å²) in [4.78, 5) is 12.5. The average Bonchev–Trinajstić information content (AvgIpc) is 2.47. The fraction of sp³-hybridized carbons (Fsp3) is 0.562. The summed E-state index contributed by atoms with van der Waals surface area (Å²) in [6.07, 6.45) is 4.39. The van der Waals surface area contributed by atoms with Crippen molar-refractivity contribution in [1.29, 1.82) is 0 Å². The number of benzene rings is 1. The number of carbonyl (C=O) groups is 1. The first-order chi connectivity index (χ1) is 9.61.